The van der Waals surface area contributed by atoms with E-state index in [9.17, 15) is 14.0 Å². The van der Waals surface area contributed by atoms with Crippen LogP contribution in [0.15, 0.2) is 66.9 Å². The van der Waals surface area contributed by atoms with Crippen molar-refractivity contribution in [3.63, 3.8) is 0 Å². The number of amides is 1. The van der Waals surface area contributed by atoms with Crippen LogP contribution in [-0.4, -0.2) is 46.9 Å². The summed E-state index contributed by atoms with van der Waals surface area (Å²) in [6, 6.07) is 18.1. The van der Waals surface area contributed by atoms with E-state index in [1.54, 1.807) is 37.4 Å². The number of fused-ring (bicyclic) bond motifs is 3. The lowest BCUT2D eigenvalue weighted by molar-refractivity contribution is 0.0807. The minimum Gasteiger partial charge on any atom is -0.495 e. The van der Waals surface area contributed by atoms with Crippen molar-refractivity contribution >= 4 is 45.8 Å². The minimum atomic E-state index is -0.326. The molecular weight excluding hydrogens is 600 g/mol. The first-order valence-corrected chi connectivity index (χ1v) is 16.0. The van der Waals surface area contributed by atoms with Gasteiger partial charge in [-0.15, -0.1) is 0 Å². The predicted molar refractivity (Wildman–Crippen MR) is 172 cm³/mol. The van der Waals surface area contributed by atoms with Crippen LogP contribution in [0.4, 0.5) is 4.39 Å². The highest BCUT2D eigenvalue weighted by Gasteiger charge is 2.40. The number of rotatable bonds is 11. The molecule has 3 heterocycles. The average molecular weight is 637 g/mol. The van der Waals surface area contributed by atoms with Crippen molar-refractivity contribution in [1.29, 1.82) is 0 Å². The van der Waals surface area contributed by atoms with Crippen LogP contribution in [-0.2, 0) is 13.1 Å². The Balaban J connectivity index is 1.09. The highest BCUT2D eigenvalue weighted by Crippen LogP contribution is 2.40. The van der Waals surface area contributed by atoms with Gasteiger partial charge in [-0.2, -0.15) is 0 Å². The molecule has 6 rings (SSSR count). The molecule has 44 heavy (non-hydrogen) atoms. The highest BCUT2D eigenvalue weighted by molar-refractivity contribution is 6.42. The summed E-state index contributed by atoms with van der Waals surface area (Å²) in [7, 11) is 1.64. The van der Waals surface area contributed by atoms with Crippen LogP contribution in [0.25, 0.3) is 10.9 Å². The molecule has 2 aliphatic rings. The smallest absolute Gasteiger partial charge is 0.253 e. The molecule has 0 unspecified atom stereocenters. The van der Waals surface area contributed by atoms with Crippen LogP contribution in [0.5, 0.6) is 5.75 Å². The molecule has 2 saturated heterocycles. The van der Waals surface area contributed by atoms with Crippen molar-refractivity contribution in [3.8, 4) is 5.75 Å². The van der Waals surface area contributed by atoms with Crippen LogP contribution < -0.4 is 10.1 Å². The first-order chi connectivity index (χ1) is 21.3. The molecule has 9 heteroatoms. The van der Waals surface area contributed by atoms with E-state index in [1.165, 1.54) is 12.1 Å². The average Bonchev–Trinajstić information content (AvgIpc) is 3.50. The number of methoxy groups -OCH3 is 1. The van der Waals surface area contributed by atoms with Gasteiger partial charge in [-0.05, 0) is 80.0 Å². The summed E-state index contributed by atoms with van der Waals surface area (Å²) in [6.07, 6.45) is 7.75. The van der Waals surface area contributed by atoms with E-state index in [1.807, 2.05) is 24.4 Å². The van der Waals surface area contributed by atoms with Crippen LogP contribution in [0, 0.1) is 11.7 Å². The maximum absolute atomic E-state index is 13.6. The molecule has 6 nitrogen and oxygen atoms in total. The molecule has 2 bridgehead atoms. The standard InChI is InChI=1S/C35H36Cl2FN3O3/c1-44-33-8-3-7-28-29(35(43)39-20-22-5-2-6-25(38)15-22)21-40(34(28)33)13-4-14-41-26-10-11-27(41)17-23(16-26)18-32(42)24-9-12-30(36)31(37)19-24/h2-3,5-9,12,15,19,21,23,26-27H,4,10-11,13-14,16-18,20H2,1H3,(H,39,43)/t23-,26-,27+. The number of nitrogens with zero attached hydrogens (tertiary/aromatic N) is 2. The Labute approximate surface area is 267 Å². The molecular formula is C35H36Cl2FN3O3. The van der Waals surface area contributed by atoms with Gasteiger partial charge < -0.3 is 14.6 Å². The quantitative estimate of drug-likeness (QED) is 0.170. The first kappa shape index (κ1) is 30.6. The number of ether oxygens (including phenoxy) is 1. The molecule has 2 fully saturated rings. The largest absolute Gasteiger partial charge is 0.495 e. The Morgan fingerprint density at radius 3 is 2.48 bits per heavy atom. The monoisotopic (exact) mass is 635 g/mol. The molecule has 0 saturated carbocycles. The van der Waals surface area contributed by atoms with Gasteiger partial charge in [0.05, 0.1) is 28.2 Å². The Morgan fingerprint density at radius 2 is 1.75 bits per heavy atom. The summed E-state index contributed by atoms with van der Waals surface area (Å²) in [5.74, 6) is 0.691. The second-order valence-corrected chi connectivity index (χ2v) is 12.8. The lowest BCUT2D eigenvalue weighted by Gasteiger charge is -2.39. The normalized spacial score (nSPS) is 19.8. The number of aryl methyl sites for hydroxylation is 1. The number of piperidine rings is 1. The fourth-order valence-corrected chi connectivity index (χ4v) is 7.46. The van der Waals surface area contributed by atoms with E-state index in [0.29, 0.717) is 51.2 Å². The Kier molecular flexibility index (Phi) is 9.26. The summed E-state index contributed by atoms with van der Waals surface area (Å²) in [4.78, 5) is 28.9. The SMILES string of the molecule is COc1cccc2c(C(=O)NCc3cccc(F)c3)cn(CCCN3[C@@H]4CC[C@H]3C[C@H](CC(=O)c3ccc(Cl)c(Cl)c3)C4)c12. The zero-order valence-electron chi connectivity index (χ0n) is 24.7. The van der Waals surface area contributed by atoms with Crippen LogP contribution in [0.1, 0.15) is 64.8 Å². The predicted octanol–water partition coefficient (Wildman–Crippen LogP) is 7.93. The molecule has 0 radical (unpaired) electrons. The summed E-state index contributed by atoms with van der Waals surface area (Å²) in [5, 5.41) is 4.64. The molecule has 1 N–H and O–H groups in total. The maximum atomic E-state index is 13.6. The van der Waals surface area contributed by atoms with Gasteiger partial charge in [0.25, 0.3) is 5.91 Å². The van der Waals surface area contributed by atoms with Crippen molar-refractivity contribution in [2.45, 2.75) is 63.7 Å². The van der Waals surface area contributed by atoms with Gasteiger partial charge in [0, 0.05) is 55.3 Å². The summed E-state index contributed by atoms with van der Waals surface area (Å²) >= 11 is 12.2. The topological polar surface area (TPSA) is 63.6 Å². The van der Waals surface area contributed by atoms with E-state index >= 15 is 0 Å². The van der Waals surface area contributed by atoms with Crippen molar-refractivity contribution < 1.29 is 18.7 Å². The second kappa shape index (κ2) is 13.3. The third-order valence-electron chi connectivity index (χ3n) is 9.18. The molecule has 1 aromatic heterocycles. The minimum absolute atomic E-state index is 0.130. The van der Waals surface area contributed by atoms with Gasteiger partial charge in [0.2, 0.25) is 0 Å². The van der Waals surface area contributed by atoms with Gasteiger partial charge in [0.15, 0.2) is 5.78 Å². The summed E-state index contributed by atoms with van der Waals surface area (Å²) in [6.45, 7) is 1.94. The lowest BCUT2D eigenvalue weighted by Crippen LogP contribution is -2.43. The second-order valence-electron chi connectivity index (χ2n) is 12.0. The summed E-state index contributed by atoms with van der Waals surface area (Å²) in [5.41, 5.74) is 2.80. The molecule has 1 amide bonds. The third kappa shape index (κ3) is 6.51. The van der Waals surface area contributed by atoms with Crippen molar-refractivity contribution in [2.24, 2.45) is 5.92 Å². The van der Waals surface area contributed by atoms with Crippen LogP contribution in [0.3, 0.4) is 0 Å². The van der Waals surface area contributed by atoms with Crippen molar-refractivity contribution in [2.75, 3.05) is 13.7 Å². The number of ketones is 1. The number of hydrogen-bond donors (Lipinski definition) is 1. The number of hydrogen-bond acceptors (Lipinski definition) is 4. The van der Waals surface area contributed by atoms with Gasteiger partial charge in [-0.1, -0.05) is 47.5 Å². The lowest BCUT2D eigenvalue weighted by atomic mass is 9.85. The number of carbonyl (C=O) groups excluding carboxylic acids is 2. The zero-order valence-corrected chi connectivity index (χ0v) is 26.2. The highest BCUT2D eigenvalue weighted by atomic mass is 35.5. The maximum Gasteiger partial charge on any atom is 0.253 e. The number of aromatic nitrogens is 1. The number of para-hydroxylation sites is 1. The summed E-state index contributed by atoms with van der Waals surface area (Å²) < 4.78 is 21.4. The number of benzene rings is 3. The van der Waals surface area contributed by atoms with E-state index in [0.717, 1.165) is 61.8 Å². The number of carbonyl (C=O) groups is 2. The van der Waals surface area contributed by atoms with E-state index in [4.69, 9.17) is 27.9 Å². The van der Waals surface area contributed by atoms with Crippen molar-refractivity contribution in [3.05, 3.63) is 99.4 Å². The molecule has 230 valence electrons. The van der Waals surface area contributed by atoms with E-state index in [-0.39, 0.29) is 24.1 Å². The van der Waals surface area contributed by atoms with Gasteiger partial charge in [-0.3, -0.25) is 14.5 Å². The van der Waals surface area contributed by atoms with Crippen molar-refractivity contribution in [1.82, 2.24) is 14.8 Å². The number of nitrogens with one attached hydrogen (secondary N) is 1. The van der Waals surface area contributed by atoms with Crippen LogP contribution in [0.2, 0.25) is 10.0 Å². The fraction of sp³-hybridized carbons (Fsp3) is 0.371. The molecule has 2 aliphatic heterocycles. The van der Waals surface area contributed by atoms with Gasteiger partial charge in [-0.25, -0.2) is 4.39 Å². The third-order valence-corrected chi connectivity index (χ3v) is 9.92. The van der Waals surface area contributed by atoms with E-state index < -0.39 is 0 Å². The first-order valence-electron chi connectivity index (χ1n) is 15.2. The Morgan fingerprint density at radius 1 is 0.977 bits per heavy atom. The molecule has 3 aromatic carbocycles. The van der Waals surface area contributed by atoms with Gasteiger partial charge in [0.1, 0.15) is 11.6 Å². The number of halogens is 3. The Bertz CT molecular complexity index is 1680. The molecule has 0 spiro atoms. The van der Waals surface area contributed by atoms with Crippen LogP contribution >= 0.6 is 23.2 Å². The zero-order chi connectivity index (χ0) is 30.8. The fourth-order valence-electron chi connectivity index (χ4n) is 7.16. The molecule has 3 atom stereocenters. The van der Waals surface area contributed by atoms with E-state index in [2.05, 4.69) is 14.8 Å². The van der Waals surface area contributed by atoms with Gasteiger partial charge >= 0.3 is 0 Å². The molecule has 0 aliphatic carbocycles. The number of Topliss-reactive ketones (excluding diaryl/α,β-unsaturated/α-hetero) is 1. The molecule has 4 aromatic rings. The Hall–Kier alpha value is -3.39.